The van der Waals surface area contributed by atoms with Crippen LogP contribution in [0.4, 0.5) is 10.5 Å². The van der Waals surface area contributed by atoms with E-state index >= 15 is 0 Å². The second kappa shape index (κ2) is 9.20. The molecule has 7 heteroatoms. The van der Waals surface area contributed by atoms with Crippen molar-refractivity contribution in [2.75, 3.05) is 11.4 Å². The third-order valence-electron chi connectivity index (χ3n) is 4.81. The molecule has 0 aromatic heterocycles. The predicted molar refractivity (Wildman–Crippen MR) is 117 cm³/mol. The summed E-state index contributed by atoms with van der Waals surface area (Å²) in [5.74, 6) is -0.809. The maximum Gasteiger partial charge on any atom is 0.407 e. The molecule has 0 saturated heterocycles. The highest BCUT2D eigenvalue weighted by molar-refractivity contribution is 6.00. The number of nitrogens with zero attached hydrogens (tertiary/aromatic N) is 1. The highest BCUT2D eigenvalue weighted by atomic mass is 16.6. The summed E-state index contributed by atoms with van der Waals surface area (Å²) >= 11 is 0. The Hall–Kier alpha value is -3.35. The van der Waals surface area contributed by atoms with Gasteiger partial charge in [0.05, 0.1) is 5.56 Å². The minimum atomic E-state index is -0.896. The average molecular weight is 424 g/mol. The first-order valence-corrected chi connectivity index (χ1v) is 10.3. The molecule has 7 nitrogen and oxygen atoms in total. The second-order valence-corrected chi connectivity index (χ2v) is 8.47. The van der Waals surface area contributed by atoms with Crippen LogP contribution < -0.4 is 10.2 Å². The molecule has 1 aliphatic heterocycles. The topological polar surface area (TPSA) is 84.9 Å². The fraction of sp³-hybridized carbons (Fsp3) is 0.375. The van der Waals surface area contributed by atoms with Crippen molar-refractivity contribution in [2.24, 2.45) is 0 Å². The monoisotopic (exact) mass is 424 g/mol. The van der Waals surface area contributed by atoms with Crippen molar-refractivity contribution in [1.29, 1.82) is 0 Å². The highest BCUT2D eigenvalue weighted by Gasteiger charge is 2.30. The molecule has 31 heavy (non-hydrogen) atoms. The number of amides is 2. The summed E-state index contributed by atoms with van der Waals surface area (Å²) in [6.07, 6.45) is -0.611. The largest absolute Gasteiger partial charge is 0.449 e. The van der Waals surface area contributed by atoms with Crippen molar-refractivity contribution < 1.29 is 23.9 Å². The number of hydrogen-bond donors (Lipinski definition) is 1. The van der Waals surface area contributed by atoms with Crippen LogP contribution in [0.3, 0.4) is 0 Å². The Morgan fingerprint density at radius 2 is 1.74 bits per heavy atom. The molecular weight excluding hydrogens is 396 g/mol. The van der Waals surface area contributed by atoms with Gasteiger partial charge in [-0.25, -0.2) is 9.59 Å². The van der Waals surface area contributed by atoms with Crippen LogP contribution in [0.1, 0.15) is 49.2 Å². The molecule has 3 rings (SSSR count). The summed E-state index contributed by atoms with van der Waals surface area (Å²) in [7, 11) is 0. The molecule has 1 N–H and O–H groups in total. The number of rotatable bonds is 5. The molecule has 1 unspecified atom stereocenters. The van der Waals surface area contributed by atoms with Crippen molar-refractivity contribution in [1.82, 2.24) is 5.32 Å². The minimum absolute atomic E-state index is 0.239. The van der Waals surface area contributed by atoms with Crippen LogP contribution in [0.25, 0.3) is 0 Å². The number of ether oxygens (including phenoxy) is 2. The Morgan fingerprint density at radius 3 is 2.42 bits per heavy atom. The zero-order valence-electron chi connectivity index (χ0n) is 18.3. The molecule has 0 radical (unpaired) electrons. The van der Waals surface area contributed by atoms with E-state index in [9.17, 15) is 14.4 Å². The van der Waals surface area contributed by atoms with E-state index < -0.39 is 23.8 Å². The summed E-state index contributed by atoms with van der Waals surface area (Å²) in [6.45, 7) is 7.82. The highest BCUT2D eigenvalue weighted by Crippen LogP contribution is 2.28. The minimum Gasteiger partial charge on any atom is -0.449 e. The number of fused-ring (bicyclic) bond motifs is 1. The van der Waals surface area contributed by atoms with Crippen LogP contribution >= 0.6 is 0 Å². The molecule has 1 aliphatic rings. The first-order valence-electron chi connectivity index (χ1n) is 10.3. The van der Waals surface area contributed by atoms with Crippen LogP contribution in [-0.4, -0.2) is 36.2 Å². The number of benzene rings is 2. The van der Waals surface area contributed by atoms with Gasteiger partial charge in [0.1, 0.15) is 5.60 Å². The maximum absolute atomic E-state index is 12.8. The number of carbonyl (C=O) groups is 3. The van der Waals surface area contributed by atoms with E-state index in [0.29, 0.717) is 12.1 Å². The van der Waals surface area contributed by atoms with Crippen LogP contribution in [0.2, 0.25) is 0 Å². The average Bonchev–Trinajstić information content (AvgIpc) is 3.15. The van der Waals surface area contributed by atoms with Gasteiger partial charge in [0.2, 0.25) is 0 Å². The maximum atomic E-state index is 12.8. The number of alkyl carbamates (subject to hydrolysis) is 1. The lowest BCUT2D eigenvalue weighted by Crippen LogP contribution is -2.39. The van der Waals surface area contributed by atoms with E-state index in [1.54, 1.807) is 56.9 Å². The molecule has 2 aromatic carbocycles. The molecule has 0 bridgehead atoms. The number of nitrogens with one attached hydrogen (secondary N) is 1. The molecule has 1 heterocycles. The fourth-order valence-corrected chi connectivity index (χ4v) is 3.31. The molecule has 164 valence electrons. The third kappa shape index (κ3) is 5.84. The summed E-state index contributed by atoms with van der Waals surface area (Å²) in [6, 6.07) is 14.4. The smallest absolute Gasteiger partial charge is 0.407 e. The van der Waals surface area contributed by atoms with Crippen molar-refractivity contribution in [3.05, 3.63) is 65.2 Å². The van der Waals surface area contributed by atoms with Gasteiger partial charge in [-0.15, -0.1) is 0 Å². The van der Waals surface area contributed by atoms with Gasteiger partial charge in [-0.2, -0.15) is 0 Å². The molecular formula is C24H28N2O5. The van der Waals surface area contributed by atoms with E-state index in [-0.39, 0.29) is 12.5 Å². The summed E-state index contributed by atoms with van der Waals surface area (Å²) in [5, 5.41) is 2.66. The van der Waals surface area contributed by atoms with Gasteiger partial charge in [0.25, 0.3) is 5.91 Å². The van der Waals surface area contributed by atoms with Crippen LogP contribution in [-0.2, 0) is 27.2 Å². The quantitative estimate of drug-likeness (QED) is 0.737. The predicted octanol–water partition coefficient (Wildman–Crippen LogP) is 3.85. The third-order valence-corrected chi connectivity index (χ3v) is 4.81. The molecule has 2 aromatic rings. The van der Waals surface area contributed by atoms with Gasteiger partial charge >= 0.3 is 12.1 Å². The number of hydrogen-bond acceptors (Lipinski definition) is 5. The Morgan fingerprint density at radius 1 is 1.06 bits per heavy atom. The summed E-state index contributed by atoms with van der Waals surface area (Å²) in [5.41, 5.74) is 2.56. The molecule has 2 amide bonds. The Balaban J connectivity index is 1.53. The summed E-state index contributed by atoms with van der Waals surface area (Å²) < 4.78 is 10.6. The van der Waals surface area contributed by atoms with E-state index in [0.717, 1.165) is 23.2 Å². The van der Waals surface area contributed by atoms with Gasteiger partial charge in [0, 0.05) is 18.8 Å². The SMILES string of the molecule is CC(OC(=O)c1ccc(CNC(=O)OC(C)(C)C)cc1)C(=O)N1CCc2ccccc21. The lowest BCUT2D eigenvalue weighted by molar-refractivity contribution is -0.126. The van der Waals surface area contributed by atoms with E-state index in [1.165, 1.54) is 0 Å². The van der Waals surface area contributed by atoms with Gasteiger partial charge < -0.3 is 19.7 Å². The first-order chi connectivity index (χ1) is 14.6. The number of esters is 1. The van der Waals surface area contributed by atoms with Crippen molar-refractivity contribution in [2.45, 2.75) is 52.4 Å². The van der Waals surface area contributed by atoms with E-state index in [1.807, 2.05) is 24.3 Å². The van der Waals surface area contributed by atoms with E-state index in [4.69, 9.17) is 9.47 Å². The van der Waals surface area contributed by atoms with Crippen molar-refractivity contribution >= 4 is 23.7 Å². The van der Waals surface area contributed by atoms with Crippen molar-refractivity contribution in [3.63, 3.8) is 0 Å². The van der Waals surface area contributed by atoms with Gasteiger partial charge in [0.15, 0.2) is 6.10 Å². The molecule has 0 fully saturated rings. The van der Waals surface area contributed by atoms with Crippen LogP contribution in [0.5, 0.6) is 0 Å². The number of carbonyl (C=O) groups excluding carboxylic acids is 3. The second-order valence-electron chi connectivity index (χ2n) is 8.47. The molecule has 0 spiro atoms. The van der Waals surface area contributed by atoms with Crippen LogP contribution in [0, 0.1) is 0 Å². The Bertz CT molecular complexity index is 963. The normalized spacial score (nSPS) is 13.9. The lowest BCUT2D eigenvalue weighted by atomic mass is 10.1. The number of para-hydroxylation sites is 1. The van der Waals surface area contributed by atoms with E-state index in [2.05, 4.69) is 5.32 Å². The van der Waals surface area contributed by atoms with Gasteiger partial charge in [-0.3, -0.25) is 4.79 Å². The molecule has 0 aliphatic carbocycles. The fourth-order valence-electron chi connectivity index (χ4n) is 3.31. The van der Waals surface area contributed by atoms with Gasteiger partial charge in [-0.1, -0.05) is 30.3 Å². The zero-order valence-corrected chi connectivity index (χ0v) is 18.3. The lowest BCUT2D eigenvalue weighted by Gasteiger charge is -2.21. The standard InChI is InChI=1S/C24H28N2O5/c1-16(21(27)26-14-13-18-7-5-6-8-20(18)26)30-22(28)19-11-9-17(10-12-19)15-25-23(29)31-24(2,3)4/h5-12,16H,13-15H2,1-4H3,(H,25,29). The molecule has 1 atom stereocenters. The number of anilines is 1. The van der Waals surface area contributed by atoms with Crippen molar-refractivity contribution in [3.8, 4) is 0 Å². The summed E-state index contributed by atoms with van der Waals surface area (Å²) in [4.78, 5) is 38.6. The van der Waals surface area contributed by atoms with Crippen LogP contribution in [0.15, 0.2) is 48.5 Å². The Kier molecular flexibility index (Phi) is 6.63. The first kappa shape index (κ1) is 22.3. The molecule has 0 saturated carbocycles. The van der Waals surface area contributed by atoms with Gasteiger partial charge in [-0.05, 0) is 63.4 Å². The zero-order chi connectivity index (χ0) is 22.6. The Labute approximate surface area is 182 Å².